The first kappa shape index (κ1) is 16.0. The average molecular weight is 334 g/mol. The summed E-state index contributed by atoms with van der Waals surface area (Å²) in [6, 6.07) is 3.40. The third kappa shape index (κ3) is 4.20. The van der Waals surface area contributed by atoms with Gasteiger partial charge in [0.2, 0.25) is 0 Å². The molecule has 5 heteroatoms. The van der Waals surface area contributed by atoms with Crippen molar-refractivity contribution in [2.24, 2.45) is 0 Å². The lowest BCUT2D eigenvalue weighted by molar-refractivity contribution is -0.0939. The van der Waals surface area contributed by atoms with E-state index < -0.39 is 11.7 Å². The number of aromatic nitrogens is 1. The van der Waals surface area contributed by atoms with E-state index in [-0.39, 0.29) is 6.42 Å². The van der Waals surface area contributed by atoms with Gasteiger partial charge in [-0.25, -0.2) is 0 Å². The summed E-state index contributed by atoms with van der Waals surface area (Å²) in [7, 11) is 0. The second-order valence-electron chi connectivity index (χ2n) is 3.72. The molecule has 1 aliphatic carbocycles. The Labute approximate surface area is 119 Å². The van der Waals surface area contributed by atoms with E-state index in [2.05, 4.69) is 20.9 Å². The predicted octanol–water partition coefficient (Wildman–Crippen LogP) is 5.50. The molecule has 0 aliphatic heterocycles. The number of pyridine rings is 1. The van der Waals surface area contributed by atoms with Crippen LogP contribution in [-0.4, -0.2) is 11.2 Å². The van der Waals surface area contributed by atoms with Crippen LogP contribution in [0.5, 0.6) is 0 Å². The van der Waals surface area contributed by atoms with Gasteiger partial charge in [-0.3, -0.25) is 4.98 Å². The molecular weight excluding hydrogens is 319 g/mol. The quantitative estimate of drug-likeness (QED) is 0.661. The van der Waals surface area contributed by atoms with Crippen molar-refractivity contribution in [3.8, 4) is 0 Å². The lowest BCUT2D eigenvalue weighted by Crippen LogP contribution is -2.14. The second-order valence-corrected chi connectivity index (χ2v) is 4.68. The molecule has 0 N–H and O–H groups in total. The van der Waals surface area contributed by atoms with Gasteiger partial charge in [-0.1, -0.05) is 29.8 Å². The van der Waals surface area contributed by atoms with E-state index in [1.54, 1.807) is 24.5 Å². The first-order chi connectivity index (χ1) is 8.98. The highest BCUT2D eigenvalue weighted by atomic mass is 79.9. The first-order valence-corrected chi connectivity index (χ1v) is 6.84. The van der Waals surface area contributed by atoms with Gasteiger partial charge in [0.15, 0.2) is 0 Å². The first-order valence-electron chi connectivity index (χ1n) is 6.05. The van der Waals surface area contributed by atoms with Crippen molar-refractivity contribution in [2.75, 3.05) is 0 Å². The zero-order chi connectivity index (χ0) is 14.5. The Morgan fingerprint density at radius 1 is 1.11 bits per heavy atom. The SMILES string of the molecule is CC.FC(F)(F)C1=CC(c2ccncc2)=C(Br)CC1. The second kappa shape index (κ2) is 6.89. The van der Waals surface area contributed by atoms with E-state index in [0.29, 0.717) is 12.0 Å². The lowest BCUT2D eigenvalue weighted by atomic mass is 9.95. The van der Waals surface area contributed by atoms with Gasteiger partial charge in [-0.2, -0.15) is 13.2 Å². The van der Waals surface area contributed by atoms with Gasteiger partial charge in [0, 0.05) is 22.4 Å². The van der Waals surface area contributed by atoms with Gasteiger partial charge in [-0.15, -0.1) is 0 Å². The molecule has 0 spiro atoms. The van der Waals surface area contributed by atoms with Gasteiger partial charge in [0.25, 0.3) is 0 Å². The molecule has 0 atom stereocenters. The average Bonchev–Trinajstić information content (AvgIpc) is 2.41. The Morgan fingerprint density at radius 2 is 1.68 bits per heavy atom. The van der Waals surface area contributed by atoms with E-state index in [0.717, 1.165) is 10.0 Å². The standard InChI is InChI=1S/C12H9BrF3N.C2H6/c13-11-2-1-9(12(14,15)16)7-10(11)8-3-5-17-6-4-8;1-2/h3-7H,1-2H2;1-2H3. The minimum atomic E-state index is -4.24. The summed E-state index contributed by atoms with van der Waals surface area (Å²) in [4.78, 5) is 3.85. The van der Waals surface area contributed by atoms with Crippen molar-refractivity contribution in [1.82, 2.24) is 4.98 Å². The summed E-state index contributed by atoms with van der Waals surface area (Å²) in [6.07, 6.45) is 0.507. The molecule has 1 aromatic heterocycles. The van der Waals surface area contributed by atoms with Crippen molar-refractivity contribution in [1.29, 1.82) is 0 Å². The summed E-state index contributed by atoms with van der Waals surface area (Å²) in [5.74, 6) is 0. The zero-order valence-electron chi connectivity index (χ0n) is 10.8. The molecule has 1 aliphatic rings. The molecule has 0 bridgehead atoms. The topological polar surface area (TPSA) is 12.9 Å². The van der Waals surface area contributed by atoms with Crippen LogP contribution in [0.1, 0.15) is 32.3 Å². The Hall–Kier alpha value is -1.10. The van der Waals surface area contributed by atoms with Crippen LogP contribution < -0.4 is 0 Å². The van der Waals surface area contributed by atoms with Gasteiger partial charge < -0.3 is 0 Å². The van der Waals surface area contributed by atoms with Crippen LogP contribution in [0.4, 0.5) is 13.2 Å². The highest BCUT2D eigenvalue weighted by Gasteiger charge is 2.35. The van der Waals surface area contributed by atoms with Crippen molar-refractivity contribution in [3.63, 3.8) is 0 Å². The molecule has 1 aromatic rings. The Morgan fingerprint density at radius 3 is 2.21 bits per heavy atom. The molecule has 2 rings (SSSR count). The van der Waals surface area contributed by atoms with Crippen LogP contribution in [0, 0.1) is 0 Å². The smallest absolute Gasteiger partial charge is 0.265 e. The van der Waals surface area contributed by atoms with Crippen molar-refractivity contribution in [2.45, 2.75) is 32.9 Å². The highest BCUT2D eigenvalue weighted by Crippen LogP contribution is 2.40. The predicted molar refractivity (Wildman–Crippen MR) is 74.8 cm³/mol. The molecule has 1 heterocycles. The lowest BCUT2D eigenvalue weighted by Gasteiger charge is -2.19. The van der Waals surface area contributed by atoms with Gasteiger partial charge >= 0.3 is 6.18 Å². The van der Waals surface area contributed by atoms with Gasteiger partial charge in [0.05, 0.1) is 0 Å². The summed E-state index contributed by atoms with van der Waals surface area (Å²) in [6.45, 7) is 4.00. The summed E-state index contributed by atoms with van der Waals surface area (Å²) in [5.41, 5.74) is 0.854. The Bertz CT molecular complexity index is 475. The van der Waals surface area contributed by atoms with E-state index in [9.17, 15) is 13.2 Å². The van der Waals surface area contributed by atoms with Gasteiger partial charge in [-0.05, 0) is 42.2 Å². The normalized spacial score (nSPS) is 15.6. The monoisotopic (exact) mass is 333 g/mol. The fourth-order valence-electron chi connectivity index (χ4n) is 1.70. The number of rotatable bonds is 1. The summed E-state index contributed by atoms with van der Waals surface area (Å²) >= 11 is 3.33. The molecule has 1 nitrogen and oxygen atoms in total. The minimum absolute atomic E-state index is 0.0265. The van der Waals surface area contributed by atoms with Crippen LogP contribution in [-0.2, 0) is 0 Å². The van der Waals surface area contributed by atoms with Crippen LogP contribution in [0.2, 0.25) is 0 Å². The number of alkyl halides is 3. The molecule has 0 aromatic carbocycles. The molecule has 0 amide bonds. The van der Waals surface area contributed by atoms with Crippen molar-refractivity contribution >= 4 is 21.5 Å². The van der Waals surface area contributed by atoms with E-state index in [1.165, 1.54) is 6.08 Å². The molecule has 0 unspecified atom stereocenters. The fourth-order valence-corrected chi connectivity index (χ4v) is 2.24. The van der Waals surface area contributed by atoms with Crippen LogP contribution in [0.15, 0.2) is 40.7 Å². The maximum absolute atomic E-state index is 12.6. The number of hydrogen-bond acceptors (Lipinski definition) is 1. The van der Waals surface area contributed by atoms with E-state index in [1.807, 2.05) is 13.8 Å². The fraction of sp³-hybridized carbons (Fsp3) is 0.357. The van der Waals surface area contributed by atoms with Crippen molar-refractivity contribution in [3.05, 3.63) is 46.2 Å². The molecular formula is C14H15BrF3N. The molecule has 0 radical (unpaired) electrons. The number of hydrogen-bond donors (Lipinski definition) is 0. The minimum Gasteiger partial charge on any atom is -0.265 e. The Kier molecular flexibility index (Phi) is 5.79. The summed E-state index contributed by atoms with van der Waals surface area (Å²) < 4.78 is 38.7. The maximum atomic E-state index is 12.6. The summed E-state index contributed by atoms with van der Waals surface area (Å²) in [5, 5.41) is 0. The number of nitrogens with zero attached hydrogens (tertiary/aromatic N) is 1. The van der Waals surface area contributed by atoms with Crippen LogP contribution in [0.25, 0.3) is 5.57 Å². The zero-order valence-corrected chi connectivity index (χ0v) is 12.3. The highest BCUT2D eigenvalue weighted by molar-refractivity contribution is 9.11. The largest absolute Gasteiger partial charge is 0.412 e. The molecule has 0 saturated carbocycles. The molecule has 19 heavy (non-hydrogen) atoms. The Balaban J connectivity index is 0.000000861. The third-order valence-corrected chi connectivity index (χ3v) is 3.40. The third-order valence-electron chi connectivity index (χ3n) is 2.58. The van der Waals surface area contributed by atoms with Crippen LogP contribution in [0.3, 0.4) is 0 Å². The van der Waals surface area contributed by atoms with E-state index >= 15 is 0 Å². The van der Waals surface area contributed by atoms with Crippen molar-refractivity contribution < 1.29 is 13.2 Å². The van der Waals surface area contributed by atoms with Crippen LogP contribution >= 0.6 is 15.9 Å². The van der Waals surface area contributed by atoms with Gasteiger partial charge in [0.1, 0.15) is 0 Å². The van der Waals surface area contributed by atoms with E-state index in [4.69, 9.17) is 0 Å². The number of allylic oxidation sites excluding steroid dienone is 4. The molecule has 104 valence electrons. The molecule has 0 saturated heterocycles. The maximum Gasteiger partial charge on any atom is 0.412 e. The number of halogens is 4. The molecule has 0 fully saturated rings.